The molecule has 0 radical (unpaired) electrons. The second kappa shape index (κ2) is 5.46. The summed E-state index contributed by atoms with van der Waals surface area (Å²) in [5, 5.41) is 2.90. The number of nitrogens with one attached hydrogen (secondary N) is 1. The van der Waals surface area contributed by atoms with Crippen molar-refractivity contribution in [3.05, 3.63) is 76.5 Å². The van der Waals surface area contributed by atoms with Gasteiger partial charge in [0.25, 0.3) is 0 Å². The third-order valence-electron chi connectivity index (χ3n) is 5.21. The number of benzene rings is 2. The van der Waals surface area contributed by atoms with E-state index in [9.17, 15) is 8.42 Å². The van der Waals surface area contributed by atoms with Crippen molar-refractivity contribution in [2.75, 3.05) is 6.54 Å². The van der Waals surface area contributed by atoms with E-state index in [1.165, 1.54) is 11.8 Å². The largest absolute Gasteiger partial charge is 0.412 e. The number of hydrogen-bond acceptors (Lipinski definition) is 4. The molecule has 0 bridgehead atoms. The van der Waals surface area contributed by atoms with Crippen LogP contribution >= 0.6 is 0 Å². The van der Waals surface area contributed by atoms with E-state index in [4.69, 9.17) is 4.84 Å². The Morgan fingerprint density at radius 2 is 1.88 bits per heavy atom. The minimum Gasteiger partial charge on any atom is -0.412 e. The highest BCUT2D eigenvalue weighted by molar-refractivity contribution is 7.95. The second-order valence-corrected chi connectivity index (χ2v) is 8.75. The summed E-state index contributed by atoms with van der Waals surface area (Å²) in [4.78, 5) is 9.63. The number of sulfone groups is 1. The van der Waals surface area contributed by atoms with Gasteiger partial charge in [-0.25, -0.2) is 8.42 Å². The summed E-state index contributed by atoms with van der Waals surface area (Å²) in [5.74, 6) is 0. The van der Waals surface area contributed by atoms with Gasteiger partial charge in [-0.1, -0.05) is 35.9 Å². The lowest BCUT2D eigenvalue weighted by molar-refractivity contribution is -0.110. The van der Waals surface area contributed by atoms with E-state index < -0.39 is 15.9 Å². The van der Waals surface area contributed by atoms with Crippen molar-refractivity contribution in [2.24, 2.45) is 0 Å². The molecule has 1 atom stereocenters. The van der Waals surface area contributed by atoms with Crippen LogP contribution in [0.25, 0.3) is 10.9 Å². The molecule has 1 aromatic heterocycles. The summed E-state index contributed by atoms with van der Waals surface area (Å²) in [6.45, 7) is 2.59. The summed E-state index contributed by atoms with van der Waals surface area (Å²) in [7, 11) is -3.63. The number of nitrogens with zero attached hydrogens (tertiary/aromatic N) is 1. The lowest BCUT2D eigenvalue weighted by Gasteiger charge is -2.29. The quantitative estimate of drug-likeness (QED) is 0.752. The van der Waals surface area contributed by atoms with Crippen molar-refractivity contribution >= 4 is 20.7 Å². The minimum absolute atomic E-state index is 0.286. The fraction of sp³-hybridized carbons (Fsp3) is 0.200. The van der Waals surface area contributed by atoms with E-state index in [2.05, 4.69) is 11.1 Å². The predicted octanol–water partition coefficient (Wildman–Crippen LogP) is 3.64. The van der Waals surface area contributed by atoms with Gasteiger partial charge >= 0.3 is 0 Å². The first kappa shape index (κ1) is 15.7. The molecule has 0 fully saturated rings. The van der Waals surface area contributed by atoms with E-state index >= 15 is 0 Å². The molecule has 1 N–H and O–H groups in total. The summed E-state index contributed by atoms with van der Waals surface area (Å²) in [6.07, 6.45) is 2.21. The maximum Gasteiger partial charge on any atom is 0.208 e. The first-order valence-corrected chi connectivity index (χ1v) is 10.1. The smallest absolute Gasteiger partial charge is 0.208 e. The molecule has 1 unspecified atom stereocenters. The third kappa shape index (κ3) is 2.15. The van der Waals surface area contributed by atoms with E-state index in [-0.39, 0.29) is 4.91 Å². The van der Waals surface area contributed by atoms with Gasteiger partial charge < -0.3 is 9.82 Å². The average molecular weight is 366 g/mol. The van der Waals surface area contributed by atoms with Crippen molar-refractivity contribution in [1.29, 1.82) is 0 Å². The topological polar surface area (TPSA) is 62.4 Å². The van der Waals surface area contributed by atoms with Crippen molar-refractivity contribution in [1.82, 2.24) is 10.0 Å². The van der Waals surface area contributed by atoms with Gasteiger partial charge in [0.2, 0.25) is 9.84 Å². The Kier molecular flexibility index (Phi) is 3.29. The average Bonchev–Trinajstić information content (AvgIpc) is 3.23. The maximum absolute atomic E-state index is 13.2. The van der Waals surface area contributed by atoms with Gasteiger partial charge in [-0.2, -0.15) is 0 Å². The van der Waals surface area contributed by atoms with Gasteiger partial charge in [0.05, 0.1) is 4.90 Å². The van der Waals surface area contributed by atoms with Crippen molar-refractivity contribution < 1.29 is 13.3 Å². The van der Waals surface area contributed by atoms with Crippen LogP contribution in [0.4, 0.5) is 0 Å². The van der Waals surface area contributed by atoms with Crippen LogP contribution < -0.4 is 0 Å². The van der Waals surface area contributed by atoms with Crippen LogP contribution in [0.15, 0.2) is 64.6 Å². The maximum atomic E-state index is 13.2. The van der Waals surface area contributed by atoms with Crippen LogP contribution in [-0.4, -0.2) is 25.0 Å². The van der Waals surface area contributed by atoms with Gasteiger partial charge in [0, 0.05) is 23.1 Å². The number of rotatable bonds is 2. The van der Waals surface area contributed by atoms with Crippen molar-refractivity contribution in [2.45, 2.75) is 24.3 Å². The SMILES string of the molecule is Cc1ccc(S(=O)(=O)C2=CON3CCc4c([nH]c5ccccc45)C23)cc1. The monoisotopic (exact) mass is 366 g/mol. The van der Waals surface area contributed by atoms with E-state index in [0.29, 0.717) is 11.4 Å². The number of hydrogen-bond donors (Lipinski definition) is 1. The van der Waals surface area contributed by atoms with Crippen LogP contribution in [0.2, 0.25) is 0 Å². The third-order valence-corrected chi connectivity index (χ3v) is 7.04. The molecule has 2 aliphatic rings. The van der Waals surface area contributed by atoms with E-state index in [1.54, 1.807) is 17.2 Å². The fourth-order valence-electron chi connectivity index (χ4n) is 3.86. The molecule has 0 amide bonds. The van der Waals surface area contributed by atoms with Gasteiger partial charge in [-0.15, -0.1) is 5.06 Å². The molecule has 2 aromatic carbocycles. The van der Waals surface area contributed by atoms with Crippen molar-refractivity contribution in [3.63, 3.8) is 0 Å². The normalized spacial score (nSPS) is 19.7. The van der Waals surface area contributed by atoms with Gasteiger partial charge in [-0.3, -0.25) is 0 Å². The van der Waals surface area contributed by atoms with E-state index in [0.717, 1.165) is 28.6 Å². The molecule has 0 aliphatic carbocycles. The van der Waals surface area contributed by atoms with Crippen molar-refractivity contribution in [3.8, 4) is 0 Å². The summed E-state index contributed by atoms with van der Waals surface area (Å²) in [6, 6.07) is 14.6. The van der Waals surface area contributed by atoms with Crippen LogP contribution in [-0.2, 0) is 21.1 Å². The number of aromatic amines is 1. The molecule has 5 nitrogen and oxygen atoms in total. The molecule has 3 heterocycles. The molecule has 26 heavy (non-hydrogen) atoms. The molecule has 3 aromatic rings. The molecular formula is C20H18N2O3S. The summed E-state index contributed by atoms with van der Waals surface area (Å²) in [5.41, 5.74) is 4.14. The molecule has 0 spiro atoms. The number of hydroxylamine groups is 2. The van der Waals surface area contributed by atoms with Gasteiger partial charge in [0.15, 0.2) is 0 Å². The first-order chi connectivity index (χ1) is 12.6. The highest BCUT2D eigenvalue weighted by atomic mass is 32.2. The number of H-pyrrole nitrogens is 1. The summed E-state index contributed by atoms with van der Waals surface area (Å²) < 4.78 is 26.5. The lowest BCUT2D eigenvalue weighted by Crippen LogP contribution is -2.32. The standard InChI is InChI=1S/C20H18N2O3S/c1-13-6-8-14(9-7-13)26(23,24)18-12-25-22-11-10-16-15-4-2-3-5-17(15)21-19(16)20(18)22/h2-9,12,20-21H,10-11H2,1H3. The Bertz CT molecular complexity index is 1140. The van der Waals surface area contributed by atoms with Crippen LogP contribution in [0, 0.1) is 6.92 Å². The van der Waals surface area contributed by atoms with Gasteiger partial charge in [0.1, 0.15) is 17.2 Å². The number of aryl methyl sites for hydroxylation is 1. The van der Waals surface area contributed by atoms with Gasteiger partial charge in [-0.05, 0) is 37.1 Å². The predicted molar refractivity (Wildman–Crippen MR) is 99.0 cm³/mol. The number of para-hydroxylation sites is 1. The second-order valence-electron chi connectivity index (χ2n) is 6.80. The highest BCUT2D eigenvalue weighted by Crippen LogP contribution is 2.44. The molecule has 5 rings (SSSR count). The molecule has 0 saturated carbocycles. The molecule has 132 valence electrons. The molecule has 0 saturated heterocycles. The zero-order valence-electron chi connectivity index (χ0n) is 14.3. The van der Waals surface area contributed by atoms with Crippen LogP contribution in [0.5, 0.6) is 0 Å². The Hall–Kier alpha value is -2.57. The fourth-order valence-corrected chi connectivity index (χ4v) is 5.33. The molecular weight excluding hydrogens is 348 g/mol. The molecule has 6 heteroatoms. The Labute approximate surface area is 151 Å². The zero-order valence-corrected chi connectivity index (χ0v) is 15.1. The minimum atomic E-state index is -3.63. The Morgan fingerprint density at radius 1 is 1.12 bits per heavy atom. The first-order valence-electron chi connectivity index (χ1n) is 8.60. The Morgan fingerprint density at radius 3 is 2.69 bits per heavy atom. The lowest BCUT2D eigenvalue weighted by atomic mass is 9.99. The molecule has 2 aliphatic heterocycles. The Balaban J connectivity index is 1.65. The zero-order chi connectivity index (χ0) is 17.9. The summed E-state index contributed by atoms with van der Waals surface area (Å²) >= 11 is 0. The highest BCUT2D eigenvalue weighted by Gasteiger charge is 2.43. The number of aromatic nitrogens is 1. The van der Waals surface area contributed by atoms with Crippen LogP contribution in [0.3, 0.4) is 0 Å². The van der Waals surface area contributed by atoms with E-state index in [1.807, 2.05) is 37.3 Å². The van der Waals surface area contributed by atoms with Crippen LogP contribution in [0.1, 0.15) is 22.9 Å². The number of fused-ring (bicyclic) bond motifs is 5.